The SMILES string of the molecule is CCCCCCCCCCCC/C=C/CC/C=C/CC/C=C/C(O)C(COP(=O)(O)OCC[N+](C)(C)C)NC(=O)CCCCCCCCC/C=C\CCCCCCCCCCCCC. The smallest absolute Gasteiger partial charge is 0.387 e. The molecule has 64 heavy (non-hydrogen) atoms. The second-order valence-electron chi connectivity index (χ2n) is 19.6. The van der Waals surface area contributed by atoms with Crippen LogP contribution in [0.2, 0.25) is 0 Å². The third kappa shape index (κ3) is 48.4. The summed E-state index contributed by atoms with van der Waals surface area (Å²) in [4.78, 5) is 23.2. The van der Waals surface area contributed by atoms with E-state index in [-0.39, 0.29) is 19.1 Å². The standard InChI is InChI=1S/C55H105N2O6P/c1-6-8-10-12-14-16-18-20-22-24-26-28-29-31-33-35-37-39-41-43-45-47-49-55(59)56-53(52-63-64(60,61)62-51-50-57(3,4)5)54(58)48-46-44-42-40-38-36-34-32-30-27-25-23-21-19-17-15-13-11-9-7-2/h29-32,38,40,46,48,53-54,58H,6-28,33-37,39,41-45,47,49-52H2,1-5H3,(H-,56,59,60,61)/p+1/b31-29-,32-30+,40-38+,48-46+. The van der Waals surface area contributed by atoms with Gasteiger partial charge in [0.05, 0.1) is 39.9 Å². The molecule has 3 atom stereocenters. The number of phosphoric acid groups is 1. The summed E-state index contributed by atoms with van der Waals surface area (Å²) in [5.74, 6) is -0.194. The number of amides is 1. The molecule has 0 saturated heterocycles. The van der Waals surface area contributed by atoms with Crippen LogP contribution >= 0.6 is 7.82 Å². The number of carbonyl (C=O) groups excluding carboxylic acids is 1. The van der Waals surface area contributed by atoms with Gasteiger partial charge in [0.15, 0.2) is 0 Å². The average molecular weight is 922 g/mol. The van der Waals surface area contributed by atoms with Crippen molar-refractivity contribution in [1.82, 2.24) is 5.32 Å². The van der Waals surface area contributed by atoms with Gasteiger partial charge in [-0.3, -0.25) is 13.8 Å². The van der Waals surface area contributed by atoms with E-state index in [1.54, 1.807) is 6.08 Å². The predicted molar refractivity (Wildman–Crippen MR) is 277 cm³/mol. The molecule has 0 aromatic carbocycles. The molecule has 0 aromatic heterocycles. The number of unbranched alkanes of at least 4 members (excludes halogenated alkanes) is 30. The number of carbonyl (C=O) groups is 1. The van der Waals surface area contributed by atoms with E-state index in [4.69, 9.17) is 9.05 Å². The number of aliphatic hydroxyl groups excluding tert-OH is 1. The molecule has 3 N–H and O–H groups in total. The number of likely N-dealkylation sites (N-methyl/N-ethyl adjacent to an activating group) is 1. The molecule has 8 nitrogen and oxygen atoms in total. The summed E-state index contributed by atoms with van der Waals surface area (Å²) in [5.41, 5.74) is 0. The summed E-state index contributed by atoms with van der Waals surface area (Å²) in [6.07, 6.45) is 60.6. The van der Waals surface area contributed by atoms with Crippen LogP contribution in [0.5, 0.6) is 0 Å². The van der Waals surface area contributed by atoms with Gasteiger partial charge in [-0.2, -0.15) is 0 Å². The number of nitrogens with zero attached hydrogens (tertiary/aromatic N) is 1. The van der Waals surface area contributed by atoms with Gasteiger partial charge in [-0.1, -0.05) is 217 Å². The van der Waals surface area contributed by atoms with Gasteiger partial charge in [0, 0.05) is 6.42 Å². The number of hydrogen-bond donors (Lipinski definition) is 3. The van der Waals surface area contributed by atoms with Gasteiger partial charge in [0.2, 0.25) is 5.91 Å². The van der Waals surface area contributed by atoms with E-state index in [0.717, 1.165) is 44.9 Å². The van der Waals surface area contributed by atoms with E-state index in [0.29, 0.717) is 17.4 Å². The first-order valence-electron chi connectivity index (χ1n) is 27.0. The van der Waals surface area contributed by atoms with Gasteiger partial charge < -0.3 is 19.8 Å². The summed E-state index contributed by atoms with van der Waals surface area (Å²) >= 11 is 0. The fraction of sp³-hybridized carbons (Fsp3) is 0.836. The maximum atomic E-state index is 12.9. The monoisotopic (exact) mass is 922 g/mol. The average Bonchev–Trinajstić information content (AvgIpc) is 3.25. The molecule has 0 bridgehead atoms. The van der Waals surface area contributed by atoms with Crippen LogP contribution in [0.1, 0.15) is 245 Å². The molecule has 376 valence electrons. The normalized spacial score (nSPS) is 14.4. The molecule has 0 aliphatic carbocycles. The number of nitrogens with one attached hydrogen (secondary N) is 1. The Bertz CT molecular complexity index is 1180. The number of aliphatic hydroxyl groups is 1. The van der Waals surface area contributed by atoms with Crippen molar-refractivity contribution in [2.75, 3.05) is 40.9 Å². The van der Waals surface area contributed by atoms with Gasteiger partial charge in [-0.25, -0.2) is 4.57 Å². The Kier molecular flexibility index (Phi) is 45.4. The highest BCUT2D eigenvalue weighted by Crippen LogP contribution is 2.43. The molecule has 0 spiro atoms. The highest BCUT2D eigenvalue weighted by atomic mass is 31.2. The third-order valence-electron chi connectivity index (χ3n) is 12.0. The molecule has 0 rings (SSSR count). The molecule has 0 radical (unpaired) electrons. The van der Waals surface area contributed by atoms with Crippen molar-refractivity contribution in [1.29, 1.82) is 0 Å². The first kappa shape index (κ1) is 62.5. The van der Waals surface area contributed by atoms with E-state index < -0.39 is 20.0 Å². The zero-order valence-corrected chi connectivity index (χ0v) is 43.7. The number of quaternary nitrogens is 1. The first-order chi connectivity index (χ1) is 31.0. The maximum Gasteiger partial charge on any atom is 0.472 e. The summed E-state index contributed by atoms with van der Waals surface area (Å²) in [6.45, 7) is 4.80. The predicted octanol–water partition coefficient (Wildman–Crippen LogP) is 16.0. The highest BCUT2D eigenvalue weighted by Gasteiger charge is 2.27. The topological polar surface area (TPSA) is 105 Å². The summed E-state index contributed by atoms with van der Waals surface area (Å²) in [7, 11) is 1.54. The van der Waals surface area contributed by atoms with E-state index in [9.17, 15) is 19.4 Å². The summed E-state index contributed by atoms with van der Waals surface area (Å²) in [5, 5.41) is 13.9. The number of allylic oxidation sites excluding steroid dienone is 7. The van der Waals surface area contributed by atoms with Crippen LogP contribution in [0, 0.1) is 0 Å². The van der Waals surface area contributed by atoms with Crippen molar-refractivity contribution >= 4 is 13.7 Å². The van der Waals surface area contributed by atoms with E-state index in [2.05, 4.69) is 55.6 Å². The lowest BCUT2D eigenvalue weighted by Gasteiger charge is -2.25. The van der Waals surface area contributed by atoms with Crippen molar-refractivity contribution in [3.63, 3.8) is 0 Å². The van der Waals surface area contributed by atoms with Crippen molar-refractivity contribution < 1.29 is 32.9 Å². The van der Waals surface area contributed by atoms with Gasteiger partial charge in [-0.05, 0) is 70.6 Å². The largest absolute Gasteiger partial charge is 0.472 e. The minimum Gasteiger partial charge on any atom is -0.387 e. The maximum absolute atomic E-state index is 12.9. The van der Waals surface area contributed by atoms with Gasteiger partial charge in [0.1, 0.15) is 13.2 Å². The fourth-order valence-electron chi connectivity index (χ4n) is 7.72. The highest BCUT2D eigenvalue weighted by molar-refractivity contribution is 7.47. The van der Waals surface area contributed by atoms with Crippen LogP contribution in [0.15, 0.2) is 48.6 Å². The fourth-order valence-corrected chi connectivity index (χ4v) is 8.45. The number of rotatable bonds is 49. The van der Waals surface area contributed by atoms with Crippen LogP contribution in [-0.4, -0.2) is 73.4 Å². The Morgan fingerprint density at radius 3 is 1.25 bits per heavy atom. The molecule has 0 aliphatic heterocycles. The first-order valence-corrected chi connectivity index (χ1v) is 28.5. The van der Waals surface area contributed by atoms with E-state index in [1.165, 1.54) is 180 Å². The Labute approximate surface area is 397 Å². The summed E-state index contributed by atoms with van der Waals surface area (Å²) in [6, 6.07) is -0.873. The minimum atomic E-state index is -4.36. The van der Waals surface area contributed by atoms with Crippen LogP contribution in [0.3, 0.4) is 0 Å². The van der Waals surface area contributed by atoms with Crippen molar-refractivity contribution in [3.8, 4) is 0 Å². The van der Waals surface area contributed by atoms with E-state index >= 15 is 0 Å². The van der Waals surface area contributed by atoms with Crippen LogP contribution in [-0.2, 0) is 18.4 Å². The zero-order valence-electron chi connectivity index (χ0n) is 42.8. The third-order valence-corrected chi connectivity index (χ3v) is 13.0. The molecule has 1 amide bonds. The number of hydrogen-bond acceptors (Lipinski definition) is 5. The van der Waals surface area contributed by atoms with Crippen molar-refractivity contribution in [2.24, 2.45) is 0 Å². The molecular formula is C55H106N2O6P+. The lowest BCUT2D eigenvalue weighted by atomic mass is 10.0. The molecule has 0 aliphatic rings. The number of phosphoric ester groups is 1. The molecule has 9 heteroatoms. The summed E-state index contributed by atoms with van der Waals surface area (Å²) < 4.78 is 23.6. The molecule has 3 unspecified atom stereocenters. The van der Waals surface area contributed by atoms with Crippen LogP contribution in [0.25, 0.3) is 0 Å². The lowest BCUT2D eigenvalue weighted by molar-refractivity contribution is -0.870. The molecule has 0 fully saturated rings. The second-order valence-corrected chi connectivity index (χ2v) is 21.0. The Morgan fingerprint density at radius 2 is 0.859 bits per heavy atom. The second kappa shape index (κ2) is 46.6. The molecule has 0 heterocycles. The van der Waals surface area contributed by atoms with Crippen molar-refractivity contribution in [2.45, 2.75) is 257 Å². The molecule has 0 saturated carbocycles. The minimum absolute atomic E-state index is 0.0521. The van der Waals surface area contributed by atoms with Crippen LogP contribution < -0.4 is 5.32 Å². The Morgan fingerprint density at radius 1 is 0.516 bits per heavy atom. The van der Waals surface area contributed by atoms with Gasteiger partial charge >= 0.3 is 7.82 Å². The zero-order chi connectivity index (χ0) is 47.1. The Hall–Kier alpha value is -1.54. The lowest BCUT2D eigenvalue weighted by Crippen LogP contribution is -2.45. The van der Waals surface area contributed by atoms with Gasteiger partial charge in [0.25, 0.3) is 0 Å². The van der Waals surface area contributed by atoms with Gasteiger partial charge in [-0.15, -0.1) is 0 Å². The Balaban J connectivity index is 4.35. The van der Waals surface area contributed by atoms with Crippen molar-refractivity contribution in [3.05, 3.63) is 48.6 Å². The van der Waals surface area contributed by atoms with E-state index in [1.807, 2.05) is 27.2 Å². The quantitative estimate of drug-likeness (QED) is 0.0243. The molecular weight excluding hydrogens is 816 g/mol. The molecule has 0 aromatic rings. The van der Waals surface area contributed by atoms with Crippen LogP contribution in [0.4, 0.5) is 0 Å².